The predicted molar refractivity (Wildman–Crippen MR) is 86.6 cm³/mol. The Morgan fingerprint density at radius 1 is 1.14 bits per heavy atom. The molecule has 2 aromatic carbocycles. The van der Waals surface area contributed by atoms with E-state index in [1.807, 2.05) is 31.2 Å². The average molecular weight is 312 g/mol. The van der Waals surface area contributed by atoms with E-state index in [9.17, 15) is 9.18 Å². The highest BCUT2D eigenvalue weighted by molar-refractivity contribution is 7.19. The van der Waals surface area contributed by atoms with Crippen LogP contribution in [-0.4, -0.2) is 10.9 Å². The number of hydrogen-bond donors (Lipinski definition) is 1. The third-order valence-electron chi connectivity index (χ3n) is 3.26. The normalized spacial score (nSPS) is 10.5. The molecular formula is C17H13FN2OS. The monoisotopic (exact) mass is 312 g/mol. The molecule has 0 saturated heterocycles. The van der Waals surface area contributed by atoms with Crippen LogP contribution in [0, 0.1) is 12.7 Å². The van der Waals surface area contributed by atoms with Gasteiger partial charge in [-0.2, -0.15) is 0 Å². The lowest BCUT2D eigenvalue weighted by molar-refractivity contribution is 0.102. The van der Waals surface area contributed by atoms with Crippen LogP contribution >= 0.6 is 11.3 Å². The van der Waals surface area contributed by atoms with Gasteiger partial charge in [0.15, 0.2) is 5.13 Å². The first-order valence-corrected chi connectivity index (χ1v) is 7.54. The lowest BCUT2D eigenvalue weighted by atomic mass is 10.1. The molecule has 3 rings (SSSR count). The van der Waals surface area contributed by atoms with Crippen molar-refractivity contribution in [1.29, 1.82) is 0 Å². The van der Waals surface area contributed by atoms with E-state index >= 15 is 0 Å². The minimum Gasteiger partial charge on any atom is -0.298 e. The zero-order chi connectivity index (χ0) is 15.5. The Bertz CT molecular complexity index is 829. The summed E-state index contributed by atoms with van der Waals surface area (Å²) in [5.74, 6) is -1.04. The zero-order valence-corrected chi connectivity index (χ0v) is 12.7. The summed E-state index contributed by atoms with van der Waals surface area (Å²) in [5, 5.41) is 3.09. The first-order chi connectivity index (χ1) is 10.6. The molecule has 1 amide bonds. The van der Waals surface area contributed by atoms with Gasteiger partial charge in [0, 0.05) is 6.20 Å². The Morgan fingerprint density at radius 2 is 1.86 bits per heavy atom. The minimum absolute atomic E-state index is 0.00939. The van der Waals surface area contributed by atoms with Gasteiger partial charge in [-0.3, -0.25) is 10.1 Å². The van der Waals surface area contributed by atoms with Gasteiger partial charge >= 0.3 is 0 Å². The van der Waals surface area contributed by atoms with Gasteiger partial charge in [0.1, 0.15) is 5.82 Å². The summed E-state index contributed by atoms with van der Waals surface area (Å²) in [5.41, 5.74) is 2.22. The van der Waals surface area contributed by atoms with E-state index in [1.165, 1.54) is 23.5 Å². The number of halogens is 1. The molecule has 110 valence electrons. The van der Waals surface area contributed by atoms with E-state index in [2.05, 4.69) is 10.3 Å². The molecule has 0 aliphatic carbocycles. The molecule has 1 aromatic heterocycles. The number of thiazole rings is 1. The third-order valence-corrected chi connectivity index (χ3v) is 4.20. The molecule has 0 unspecified atom stereocenters. The summed E-state index contributed by atoms with van der Waals surface area (Å²) in [6.07, 6.45) is 1.71. The Labute approximate surface area is 131 Å². The molecule has 1 N–H and O–H groups in total. The quantitative estimate of drug-likeness (QED) is 0.773. The van der Waals surface area contributed by atoms with Crippen molar-refractivity contribution in [2.24, 2.45) is 0 Å². The fourth-order valence-electron chi connectivity index (χ4n) is 2.12. The molecule has 0 aliphatic rings. The maximum Gasteiger partial charge on any atom is 0.260 e. The highest BCUT2D eigenvalue weighted by atomic mass is 32.1. The minimum atomic E-state index is -0.546. The SMILES string of the molecule is Cc1ccccc1-c1cnc(NC(=O)c2ccccc2F)s1. The molecule has 5 heteroatoms. The lowest BCUT2D eigenvalue weighted by Crippen LogP contribution is -2.13. The molecule has 0 spiro atoms. The summed E-state index contributed by atoms with van der Waals surface area (Å²) in [4.78, 5) is 17.2. The van der Waals surface area contributed by atoms with Crippen molar-refractivity contribution in [2.45, 2.75) is 6.92 Å². The van der Waals surface area contributed by atoms with Gasteiger partial charge < -0.3 is 0 Å². The van der Waals surface area contributed by atoms with Crippen molar-refractivity contribution < 1.29 is 9.18 Å². The van der Waals surface area contributed by atoms with Crippen molar-refractivity contribution in [3.8, 4) is 10.4 Å². The van der Waals surface area contributed by atoms with Gasteiger partial charge in [0.2, 0.25) is 0 Å². The second-order valence-corrected chi connectivity index (χ2v) is 5.81. The molecule has 0 aliphatic heterocycles. The molecule has 1 heterocycles. The van der Waals surface area contributed by atoms with Crippen molar-refractivity contribution >= 4 is 22.4 Å². The molecule has 0 atom stereocenters. The molecule has 0 saturated carbocycles. The van der Waals surface area contributed by atoms with E-state index in [4.69, 9.17) is 0 Å². The van der Waals surface area contributed by atoms with Crippen LogP contribution in [0.4, 0.5) is 9.52 Å². The smallest absolute Gasteiger partial charge is 0.260 e. The van der Waals surface area contributed by atoms with Crippen molar-refractivity contribution in [1.82, 2.24) is 4.98 Å². The zero-order valence-electron chi connectivity index (χ0n) is 11.8. The highest BCUT2D eigenvalue weighted by Crippen LogP contribution is 2.31. The second kappa shape index (κ2) is 6.07. The Balaban J connectivity index is 1.82. The number of amides is 1. The molecule has 3 nitrogen and oxygen atoms in total. The van der Waals surface area contributed by atoms with E-state index in [0.717, 1.165) is 16.0 Å². The molecular weight excluding hydrogens is 299 g/mol. The van der Waals surface area contributed by atoms with Crippen molar-refractivity contribution in [3.05, 3.63) is 71.7 Å². The van der Waals surface area contributed by atoms with Crippen molar-refractivity contribution in [3.63, 3.8) is 0 Å². The average Bonchev–Trinajstić information content (AvgIpc) is 2.96. The number of hydrogen-bond acceptors (Lipinski definition) is 3. The van der Waals surface area contributed by atoms with Gasteiger partial charge in [-0.1, -0.05) is 47.7 Å². The standard InChI is InChI=1S/C17H13FN2OS/c1-11-6-2-3-7-12(11)15-10-19-17(22-15)20-16(21)13-8-4-5-9-14(13)18/h2-10H,1H3,(H,19,20,21). The van der Waals surface area contributed by atoms with Crippen LogP contribution in [0.5, 0.6) is 0 Å². The predicted octanol–water partition coefficient (Wildman–Crippen LogP) is 4.51. The van der Waals surface area contributed by atoms with Gasteiger partial charge in [0.05, 0.1) is 10.4 Å². The maximum absolute atomic E-state index is 13.6. The van der Waals surface area contributed by atoms with Gasteiger partial charge in [-0.25, -0.2) is 9.37 Å². The van der Waals surface area contributed by atoms with Crippen LogP contribution in [0.15, 0.2) is 54.7 Å². The lowest BCUT2D eigenvalue weighted by Gasteiger charge is -2.03. The number of nitrogens with zero attached hydrogens (tertiary/aromatic N) is 1. The molecule has 0 bridgehead atoms. The first-order valence-electron chi connectivity index (χ1n) is 6.73. The number of aryl methyl sites for hydroxylation is 1. The van der Waals surface area contributed by atoms with Gasteiger partial charge in [-0.15, -0.1) is 0 Å². The maximum atomic E-state index is 13.6. The Kier molecular flexibility index (Phi) is 3.98. The van der Waals surface area contributed by atoms with E-state index in [-0.39, 0.29) is 5.56 Å². The van der Waals surface area contributed by atoms with Crippen LogP contribution in [-0.2, 0) is 0 Å². The number of anilines is 1. The van der Waals surface area contributed by atoms with Gasteiger partial charge in [-0.05, 0) is 30.2 Å². The van der Waals surface area contributed by atoms with E-state index < -0.39 is 11.7 Å². The fraction of sp³-hybridized carbons (Fsp3) is 0.0588. The summed E-state index contributed by atoms with van der Waals surface area (Å²) < 4.78 is 13.6. The molecule has 0 fully saturated rings. The number of carbonyl (C=O) groups is 1. The largest absolute Gasteiger partial charge is 0.298 e. The molecule has 22 heavy (non-hydrogen) atoms. The number of benzene rings is 2. The summed E-state index contributed by atoms with van der Waals surface area (Å²) in [7, 11) is 0. The molecule has 0 radical (unpaired) electrons. The number of rotatable bonds is 3. The Hall–Kier alpha value is -2.53. The second-order valence-electron chi connectivity index (χ2n) is 4.78. The first kappa shape index (κ1) is 14.4. The summed E-state index contributed by atoms with van der Waals surface area (Å²) in [6, 6.07) is 13.8. The van der Waals surface area contributed by atoms with E-state index in [0.29, 0.717) is 5.13 Å². The van der Waals surface area contributed by atoms with Crippen LogP contribution in [0.3, 0.4) is 0 Å². The summed E-state index contributed by atoms with van der Waals surface area (Å²) >= 11 is 1.36. The summed E-state index contributed by atoms with van der Waals surface area (Å²) in [6.45, 7) is 2.02. The van der Waals surface area contributed by atoms with Gasteiger partial charge in [0.25, 0.3) is 5.91 Å². The number of aromatic nitrogens is 1. The topological polar surface area (TPSA) is 42.0 Å². The van der Waals surface area contributed by atoms with Crippen LogP contribution in [0.2, 0.25) is 0 Å². The van der Waals surface area contributed by atoms with E-state index in [1.54, 1.807) is 18.3 Å². The third kappa shape index (κ3) is 2.89. The van der Waals surface area contributed by atoms with Crippen LogP contribution < -0.4 is 5.32 Å². The fourth-order valence-corrected chi connectivity index (χ4v) is 3.02. The van der Waals surface area contributed by atoms with Crippen LogP contribution in [0.25, 0.3) is 10.4 Å². The van der Waals surface area contributed by atoms with Crippen LogP contribution in [0.1, 0.15) is 15.9 Å². The number of carbonyl (C=O) groups excluding carboxylic acids is 1. The Morgan fingerprint density at radius 3 is 2.64 bits per heavy atom. The molecule has 3 aromatic rings. The highest BCUT2D eigenvalue weighted by Gasteiger charge is 2.13. The van der Waals surface area contributed by atoms with Crippen molar-refractivity contribution in [2.75, 3.05) is 5.32 Å². The number of nitrogens with one attached hydrogen (secondary N) is 1.